The quantitative estimate of drug-likeness (QED) is 0.309. The van der Waals surface area contributed by atoms with Gasteiger partial charge in [0, 0.05) is 18.4 Å². The third kappa shape index (κ3) is 8.66. The molecular weight excluding hydrogens is 502 g/mol. The zero-order valence-corrected chi connectivity index (χ0v) is 24.6. The van der Waals surface area contributed by atoms with Gasteiger partial charge in [-0.15, -0.1) is 0 Å². The van der Waals surface area contributed by atoms with E-state index in [-0.39, 0.29) is 30.4 Å². The highest BCUT2D eigenvalue weighted by atomic mass is 16.5. The van der Waals surface area contributed by atoms with Gasteiger partial charge < -0.3 is 36.3 Å². The summed E-state index contributed by atoms with van der Waals surface area (Å²) in [6.45, 7) is 15.5. The van der Waals surface area contributed by atoms with E-state index in [0.717, 1.165) is 5.56 Å². The molecule has 2 rings (SSSR count). The van der Waals surface area contributed by atoms with Crippen molar-refractivity contribution in [2.45, 2.75) is 116 Å². The fraction of sp³-hybridized carbons (Fsp3) is 0.643. The van der Waals surface area contributed by atoms with Gasteiger partial charge in [-0.1, -0.05) is 30.3 Å². The number of ether oxygens (including phenoxy) is 1. The summed E-state index contributed by atoms with van der Waals surface area (Å²) >= 11 is 0. The molecule has 0 unspecified atom stereocenters. The maximum absolute atomic E-state index is 13.8. The Balaban J connectivity index is 2.21. The smallest absolute Gasteiger partial charge is 0.408 e. The molecule has 5 N–H and O–H groups in total. The molecule has 0 spiro atoms. The summed E-state index contributed by atoms with van der Waals surface area (Å²) in [5.74, 6) is -1.53. The maximum Gasteiger partial charge on any atom is 0.408 e. The van der Waals surface area contributed by atoms with E-state index < -0.39 is 52.1 Å². The number of quaternary nitrogens is 1. The number of rotatable bonds is 8. The number of carbonyl (C=O) groups excluding carboxylic acids is 4. The van der Waals surface area contributed by atoms with Gasteiger partial charge in [0.15, 0.2) is 0 Å². The van der Waals surface area contributed by atoms with Crippen molar-refractivity contribution >= 4 is 23.8 Å². The molecule has 1 fully saturated rings. The third-order valence-corrected chi connectivity index (χ3v) is 6.70. The zero-order chi connectivity index (χ0) is 29.8. The summed E-state index contributed by atoms with van der Waals surface area (Å²) in [6.07, 6.45) is -0.764. The number of hydroxylamine groups is 2. The van der Waals surface area contributed by atoms with Crippen LogP contribution in [0.15, 0.2) is 30.3 Å². The number of hydrogen-bond donors (Lipinski definition) is 5. The van der Waals surface area contributed by atoms with Crippen LogP contribution in [0.3, 0.4) is 0 Å². The molecule has 1 aliphatic heterocycles. The van der Waals surface area contributed by atoms with E-state index in [1.165, 1.54) is 6.92 Å². The number of hydrogen-bond acceptors (Lipinski definition) is 6. The number of benzene rings is 1. The second-order valence-electron chi connectivity index (χ2n) is 12.9. The molecule has 0 saturated carbocycles. The van der Waals surface area contributed by atoms with Crippen LogP contribution >= 0.6 is 0 Å². The lowest BCUT2D eigenvalue weighted by Crippen LogP contribution is -3.24. The SMILES string of the molecule is C[C@H](NC(=O)[C@H](C)NC(=O)C1(NC(=O)OCc2ccccc2)CC(C)(C)[NH+]([O-])C(C)(C)C1)C(=O)NC(C)(C)C. The topological polar surface area (TPSA) is 153 Å². The van der Waals surface area contributed by atoms with Gasteiger partial charge in [-0.05, 0) is 67.9 Å². The molecule has 2 atom stereocenters. The number of nitrogens with one attached hydrogen (secondary N) is 5. The second kappa shape index (κ2) is 11.9. The highest BCUT2D eigenvalue weighted by molar-refractivity contribution is 5.95. The first-order valence-electron chi connectivity index (χ1n) is 13.3. The van der Waals surface area contributed by atoms with Crippen LogP contribution in [0.1, 0.15) is 80.7 Å². The average molecular weight is 548 g/mol. The number of carbonyl (C=O) groups is 4. The first-order valence-corrected chi connectivity index (χ1v) is 13.3. The Labute approximate surface area is 231 Å². The molecule has 1 saturated heterocycles. The molecule has 0 bridgehead atoms. The number of amides is 4. The summed E-state index contributed by atoms with van der Waals surface area (Å²) in [5.41, 5.74) is -3.08. The van der Waals surface area contributed by atoms with Crippen molar-refractivity contribution in [3.63, 3.8) is 0 Å². The molecule has 0 aromatic heterocycles. The Hall–Kier alpha value is -3.18. The lowest BCUT2D eigenvalue weighted by Gasteiger charge is -2.57. The standard InChI is InChI=1S/C28H45N5O6/c1-18(21(34)29-19(2)22(35)31-25(3,4)5)30-23(36)28(16-26(6,7)33(38)27(8,9)17-28)32-24(37)39-15-20-13-11-10-12-14-20/h10-14,18-19,33H,15-17H2,1-9H3,(H,29,34)(H,30,36)(H,31,35)(H,32,37)/t18-,19-/m0/s1. The maximum atomic E-state index is 13.8. The molecule has 218 valence electrons. The van der Waals surface area contributed by atoms with Crippen LogP contribution in [0.5, 0.6) is 0 Å². The summed E-state index contributed by atoms with van der Waals surface area (Å²) in [4.78, 5) is 52.0. The number of alkyl carbamates (subject to hydrolysis) is 1. The van der Waals surface area contributed by atoms with Crippen LogP contribution in [0.25, 0.3) is 0 Å². The van der Waals surface area contributed by atoms with E-state index in [4.69, 9.17) is 4.74 Å². The van der Waals surface area contributed by atoms with Gasteiger partial charge in [0.25, 0.3) is 0 Å². The first kappa shape index (κ1) is 32.0. The fourth-order valence-electron chi connectivity index (χ4n) is 5.19. The van der Waals surface area contributed by atoms with Gasteiger partial charge in [0.2, 0.25) is 17.7 Å². The third-order valence-electron chi connectivity index (χ3n) is 6.70. The van der Waals surface area contributed by atoms with Crippen LogP contribution < -0.4 is 26.3 Å². The molecule has 1 heterocycles. The molecule has 0 radical (unpaired) electrons. The van der Waals surface area contributed by atoms with Crippen molar-refractivity contribution in [2.75, 3.05) is 0 Å². The van der Waals surface area contributed by atoms with Gasteiger partial charge in [-0.3, -0.25) is 14.4 Å². The summed E-state index contributed by atoms with van der Waals surface area (Å²) in [7, 11) is 0. The van der Waals surface area contributed by atoms with Crippen LogP contribution in [-0.2, 0) is 25.7 Å². The molecule has 0 aliphatic carbocycles. The van der Waals surface area contributed by atoms with Crippen LogP contribution in [-0.4, -0.2) is 58.1 Å². The predicted molar refractivity (Wildman–Crippen MR) is 147 cm³/mol. The number of piperidine rings is 1. The van der Waals surface area contributed by atoms with Crippen molar-refractivity contribution in [2.24, 2.45) is 0 Å². The normalized spacial score (nSPS) is 23.5. The van der Waals surface area contributed by atoms with Gasteiger partial charge in [0.1, 0.15) is 24.2 Å². The molecule has 1 aromatic rings. The summed E-state index contributed by atoms with van der Waals surface area (Å²) < 4.78 is 5.40. The molecule has 39 heavy (non-hydrogen) atoms. The Bertz CT molecular complexity index is 1030. The van der Waals surface area contributed by atoms with Gasteiger partial charge in [-0.2, -0.15) is 0 Å². The van der Waals surface area contributed by atoms with Crippen LogP contribution in [0.2, 0.25) is 0 Å². The van der Waals surface area contributed by atoms with E-state index in [1.54, 1.807) is 34.6 Å². The fourth-order valence-corrected chi connectivity index (χ4v) is 5.19. The second-order valence-corrected chi connectivity index (χ2v) is 12.9. The van der Waals surface area contributed by atoms with Crippen LogP contribution in [0.4, 0.5) is 4.79 Å². The molecule has 11 heteroatoms. The van der Waals surface area contributed by atoms with Crippen molar-refractivity contribution in [1.29, 1.82) is 0 Å². The van der Waals surface area contributed by atoms with Crippen LogP contribution in [0, 0.1) is 5.21 Å². The predicted octanol–water partition coefficient (Wildman–Crippen LogP) is 1.31. The van der Waals surface area contributed by atoms with E-state index in [1.807, 2.05) is 51.1 Å². The summed E-state index contributed by atoms with van der Waals surface area (Å²) in [6, 6.07) is 7.26. The molecule has 11 nitrogen and oxygen atoms in total. The lowest BCUT2D eigenvalue weighted by molar-refractivity contribution is -0.956. The molecule has 4 amide bonds. The van der Waals surface area contributed by atoms with E-state index in [2.05, 4.69) is 21.3 Å². The molecular formula is C28H45N5O6. The van der Waals surface area contributed by atoms with Crippen molar-refractivity contribution in [1.82, 2.24) is 21.3 Å². The largest absolute Gasteiger partial charge is 0.634 e. The Kier molecular flexibility index (Phi) is 9.79. The van der Waals surface area contributed by atoms with Crippen molar-refractivity contribution in [3.8, 4) is 0 Å². The van der Waals surface area contributed by atoms with Gasteiger partial charge >= 0.3 is 6.09 Å². The Morgan fingerprint density at radius 3 is 1.95 bits per heavy atom. The summed E-state index contributed by atoms with van der Waals surface area (Å²) in [5, 5.41) is 23.9. The highest BCUT2D eigenvalue weighted by Crippen LogP contribution is 2.33. The lowest BCUT2D eigenvalue weighted by atomic mass is 9.69. The Morgan fingerprint density at radius 2 is 1.44 bits per heavy atom. The average Bonchev–Trinajstić information content (AvgIpc) is 2.80. The molecule has 1 aliphatic rings. The van der Waals surface area contributed by atoms with E-state index >= 15 is 0 Å². The molecule has 1 aromatic carbocycles. The van der Waals surface area contributed by atoms with Gasteiger partial charge in [-0.25, -0.2) is 4.79 Å². The van der Waals surface area contributed by atoms with Gasteiger partial charge in [0.05, 0.1) is 11.1 Å². The van der Waals surface area contributed by atoms with Crippen molar-refractivity contribution in [3.05, 3.63) is 41.1 Å². The first-order chi connectivity index (χ1) is 17.8. The van der Waals surface area contributed by atoms with Crippen molar-refractivity contribution < 1.29 is 29.0 Å². The van der Waals surface area contributed by atoms with E-state index in [0.29, 0.717) is 0 Å². The minimum Gasteiger partial charge on any atom is -0.634 e. The minimum absolute atomic E-state index is 0.00339. The van der Waals surface area contributed by atoms with E-state index in [9.17, 15) is 24.4 Å². The zero-order valence-electron chi connectivity index (χ0n) is 24.6. The monoisotopic (exact) mass is 547 g/mol. The highest BCUT2D eigenvalue weighted by Gasteiger charge is 2.57. The Morgan fingerprint density at radius 1 is 0.923 bits per heavy atom. The minimum atomic E-state index is -1.52.